The number of thiocarbonyl (C=S) groups is 1. The largest absolute Gasteiger partial charge is 0.360 e. The molecule has 15 heavy (non-hydrogen) atoms. The lowest BCUT2D eigenvalue weighted by atomic mass is 10.3. The van der Waals surface area contributed by atoms with Crippen molar-refractivity contribution in [2.24, 2.45) is 5.10 Å². The van der Waals surface area contributed by atoms with Crippen LogP contribution < -0.4 is 10.7 Å². The Morgan fingerprint density at radius 3 is 2.47 bits per heavy atom. The fourth-order valence-corrected chi connectivity index (χ4v) is 0.799. The Morgan fingerprint density at radius 1 is 1.40 bits per heavy atom. The number of likely N-dealkylation sites (N-methyl/N-ethyl adjacent to an activating group) is 1. The van der Waals surface area contributed by atoms with Gasteiger partial charge in [0.15, 0.2) is 5.11 Å². The second kappa shape index (κ2) is 7.30. The van der Waals surface area contributed by atoms with E-state index < -0.39 is 0 Å². The van der Waals surface area contributed by atoms with Crippen molar-refractivity contribution in [2.75, 3.05) is 27.2 Å². The molecule has 0 bridgehead atoms. The van der Waals surface area contributed by atoms with Gasteiger partial charge >= 0.3 is 0 Å². The monoisotopic (exact) mass is 229 g/mol. The van der Waals surface area contributed by atoms with E-state index in [2.05, 4.69) is 20.7 Å². The Morgan fingerprint density at radius 2 is 2.00 bits per heavy atom. The lowest BCUT2D eigenvalue weighted by Gasteiger charge is -2.11. The SMILES string of the molecule is CC(=N)/C(C)=N/NC(=S)NCCN(C)C. The van der Waals surface area contributed by atoms with Crippen LogP contribution in [0.15, 0.2) is 5.10 Å². The van der Waals surface area contributed by atoms with Crippen LogP contribution in [0, 0.1) is 5.41 Å². The molecule has 0 aliphatic carbocycles. The quantitative estimate of drug-likeness (QED) is 0.363. The molecule has 0 unspecified atom stereocenters. The molecule has 0 saturated carbocycles. The summed E-state index contributed by atoms with van der Waals surface area (Å²) >= 11 is 4.99. The predicted molar refractivity (Wildman–Crippen MR) is 68.8 cm³/mol. The molecule has 0 aliphatic heterocycles. The molecular formula is C9H19N5S. The van der Waals surface area contributed by atoms with Gasteiger partial charge in [-0.1, -0.05) is 0 Å². The van der Waals surface area contributed by atoms with Crippen molar-refractivity contribution >= 4 is 28.8 Å². The highest BCUT2D eigenvalue weighted by Gasteiger charge is 1.96. The van der Waals surface area contributed by atoms with Crippen LogP contribution in [0.25, 0.3) is 0 Å². The first kappa shape index (κ1) is 14.0. The maximum Gasteiger partial charge on any atom is 0.187 e. The first-order valence-corrected chi connectivity index (χ1v) is 5.12. The minimum atomic E-state index is 0.429. The van der Waals surface area contributed by atoms with Crippen molar-refractivity contribution in [3.8, 4) is 0 Å². The molecule has 6 heteroatoms. The standard InChI is InChI=1S/C9H19N5S/c1-7(10)8(2)12-13-9(15)11-5-6-14(3)4/h10H,5-6H2,1-4H3,(H2,11,13,15)/b10-7?,12-8+. The van der Waals surface area contributed by atoms with Gasteiger partial charge < -0.3 is 15.6 Å². The molecule has 0 aromatic heterocycles. The highest BCUT2D eigenvalue weighted by Crippen LogP contribution is 1.78. The van der Waals surface area contributed by atoms with Crippen LogP contribution >= 0.6 is 12.2 Å². The molecule has 0 aliphatic rings. The minimum absolute atomic E-state index is 0.429. The first-order chi connectivity index (χ1) is 6.93. The molecular weight excluding hydrogens is 210 g/mol. The van der Waals surface area contributed by atoms with Gasteiger partial charge in [0.25, 0.3) is 0 Å². The number of rotatable bonds is 5. The molecule has 3 N–H and O–H groups in total. The molecule has 5 nitrogen and oxygen atoms in total. The third kappa shape index (κ3) is 8.02. The molecule has 0 spiro atoms. The van der Waals surface area contributed by atoms with E-state index in [9.17, 15) is 0 Å². The van der Waals surface area contributed by atoms with E-state index in [1.807, 2.05) is 14.1 Å². The van der Waals surface area contributed by atoms with Crippen LogP contribution in [0.1, 0.15) is 13.8 Å². The Hall–Kier alpha value is -1.01. The maximum atomic E-state index is 7.30. The maximum absolute atomic E-state index is 7.30. The summed E-state index contributed by atoms with van der Waals surface area (Å²) in [6.45, 7) is 5.13. The Kier molecular flexibility index (Phi) is 6.81. The molecule has 0 aromatic carbocycles. The van der Waals surface area contributed by atoms with Crippen LogP contribution in [-0.2, 0) is 0 Å². The van der Waals surface area contributed by atoms with Crippen molar-refractivity contribution < 1.29 is 0 Å². The van der Waals surface area contributed by atoms with Gasteiger partial charge in [-0.2, -0.15) is 5.10 Å². The van der Waals surface area contributed by atoms with Gasteiger partial charge in [-0.3, -0.25) is 5.43 Å². The van der Waals surface area contributed by atoms with E-state index >= 15 is 0 Å². The minimum Gasteiger partial charge on any atom is -0.360 e. The second-order valence-corrected chi connectivity index (χ2v) is 3.90. The van der Waals surface area contributed by atoms with Gasteiger partial charge in [0.2, 0.25) is 0 Å². The highest BCUT2D eigenvalue weighted by molar-refractivity contribution is 7.80. The predicted octanol–water partition coefficient (Wildman–Crippen LogP) is 0.428. The van der Waals surface area contributed by atoms with Crippen molar-refractivity contribution in [3.05, 3.63) is 0 Å². The first-order valence-electron chi connectivity index (χ1n) is 4.72. The molecule has 86 valence electrons. The summed E-state index contributed by atoms with van der Waals surface area (Å²) in [6.07, 6.45) is 0. The average Bonchev–Trinajstić information content (AvgIpc) is 2.13. The third-order valence-electron chi connectivity index (χ3n) is 1.71. The van der Waals surface area contributed by atoms with Gasteiger partial charge in [0.05, 0.1) is 11.4 Å². The Labute approximate surface area is 96.4 Å². The van der Waals surface area contributed by atoms with Crippen LogP contribution in [0.4, 0.5) is 0 Å². The van der Waals surface area contributed by atoms with Crippen molar-refractivity contribution in [1.29, 1.82) is 5.41 Å². The normalized spacial score (nSPS) is 11.4. The zero-order chi connectivity index (χ0) is 11.8. The molecule has 0 atom stereocenters. The fourth-order valence-electron chi connectivity index (χ4n) is 0.651. The third-order valence-corrected chi connectivity index (χ3v) is 1.95. The van der Waals surface area contributed by atoms with Crippen LogP contribution in [0.5, 0.6) is 0 Å². The highest BCUT2D eigenvalue weighted by atomic mass is 32.1. The Balaban J connectivity index is 3.76. The summed E-state index contributed by atoms with van der Waals surface area (Å²) in [5.41, 5.74) is 3.75. The van der Waals surface area contributed by atoms with Crippen molar-refractivity contribution in [2.45, 2.75) is 13.8 Å². The van der Waals surface area contributed by atoms with E-state index in [1.54, 1.807) is 13.8 Å². The summed E-state index contributed by atoms with van der Waals surface area (Å²) in [4.78, 5) is 2.06. The molecule has 0 radical (unpaired) electrons. The van der Waals surface area contributed by atoms with Gasteiger partial charge in [-0.25, -0.2) is 0 Å². The summed E-state index contributed by atoms with van der Waals surface area (Å²) in [7, 11) is 4.00. The Bertz CT molecular complexity index is 259. The summed E-state index contributed by atoms with van der Waals surface area (Å²) in [6, 6.07) is 0. The van der Waals surface area contributed by atoms with Crippen LogP contribution in [0.3, 0.4) is 0 Å². The van der Waals surface area contributed by atoms with Crippen LogP contribution in [-0.4, -0.2) is 48.6 Å². The number of hydrazone groups is 1. The van der Waals surface area contributed by atoms with Crippen molar-refractivity contribution in [1.82, 2.24) is 15.6 Å². The molecule has 0 aromatic rings. The van der Waals surface area contributed by atoms with E-state index in [0.717, 1.165) is 13.1 Å². The van der Waals surface area contributed by atoms with Gasteiger partial charge in [-0.15, -0.1) is 0 Å². The van der Waals surface area contributed by atoms with Gasteiger partial charge in [0, 0.05) is 13.1 Å². The van der Waals surface area contributed by atoms with Gasteiger partial charge in [0.1, 0.15) is 0 Å². The molecule has 0 saturated heterocycles. The van der Waals surface area contributed by atoms with Crippen molar-refractivity contribution in [3.63, 3.8) is 0 Å². The smallest absolute Gasteiger partial charge is 0.187 e. The number of nitrogens with one attached hydrogen (secondary N) is 3. The molecule has 0 fully saturated rings. The topological polar surface area (TPSA) is 63.5 Å². The summed E-state index contributed by atoms with van der Waals surface area (Å²) in [5, 5.41) is 14.7. The number of hydrogen-bond donors (Lipinski definition) is 3. The number of hydrogen-bond acceptors (Lipinski definition) is 4. The lowest BCUT2D eigenvalue weighted by Crippen LogP contribution is -2.37. The van der Waals surface area contributed by atoms with E-state index in [4.69, 9.17) is 17.6 Å². The van der Waals surface area contributed by atoms with E-state index in [0.29, 0.717) is 16.5 Å². The average molecular weight is 229 g/mol. The summed E-state index contributed by atoms with van der Waals surface area (Å²) < 4.78 is 0. The second-order valence-electron chi connectivity index (χ2n) is 3.49. The number of nitrogens with zero attached hydrogens (tertiary/aromatic N) is 2. The van der Waals surface area contributed by atoms with Gasteiger partial charge in [-0.05, 0) is 40.2 Å². The molecule has 0 rings (SSSR count). The summed E-state index contributed by atoms with van der Waals surface area (Å²) in [5.74, 6) is 0. The zero-order valence-corrected chi connectivity index (χ0v) is 10.5. The lowest BCUT2D eigenvalue weighted by molar-refractivity contribution is 0.412. The zero-order valence-electron chi connectivity index (χ0n) is 9.72. The molecule has 0 heterocycles. The molecule has 0 amide bonds. The van der Waals surface area contributed by atoms with E-state index in [1.165, 1.54) is 0 Å². The van der Waals surface area contributed by atoms with Crippen LogP contribution in [0.2, 0.25) is 0 Å². The fraction of sp³-hybridized carbons (Fsp3) is 0.667. The van der Waals surface area contributed by atoms with E-state index in [-0.39, 0.29) is 0 Å².